The Morgan fingerprint density at radius 2 is 1.83 bits per heavy atom. The zero-order chi connectivity index (χ0) is 17.1. The van der Waals surface area contributed by atoms with Gasteiger partial charge in [-0.1, -0.05) is 26.0 Å². The number of pyridine rings is 1. The highest BCUT2D eigenvalue weighted by Gasteiger charge is 2.30. The van der Waals surface area contributed by atoms with Gasteiger partial charge >= 0.3 is 0 Å². The van der Waals surface area contributed by atoms with Gasteiger partial charge in [-0.15, -0.1) is 0 Å². The van der Waals surface area contributed by atoms with Crippen molar-refractivity contribution in [3.8, 4) is 0 Å². The smallest absolute Gasteiger partial charge is 0.209 e. The van der Waals surface area contributed by atoms with Gasteiger partial charge in [0.05, 0.1) is 19.7 Å². The Kier molecular flexibility index (Phi) is 4.79. The number of hydrogen-bond donors (Lipinski definition) is 0. The number of hydrogen-bond acceptors (Lipinski definition) is 5. The van der Waals surface area contributed by atoms with Crippen LogP contribution >= 0.6 is 0 Å². The molecule has 1 aliphatic heterocycles. The molecule has 126 valence electrons. The molecule has 0 saturated heterocycles. The first kappa shape index (κ1) is 16.4. The summed E-state index contributed by atoms with van der Waals surface area (Å²) in [6, 6.07) is 10.0. The lowest BCUT2D eigenvalue weighted by Crippen LogP contribution is -2.38. The van der Waals surface area contributed by atoms with Gasteiger partial charge in [0.25, 0.3) is 0 Å². The van der Waals surface area contributed by atoms with Crippen LogP contribution in [0.15, 0.2) is 46.5 Å². The van der Waals surface area contributed by atoms with Crippen LogP contribution in [0.2, 0.25) is 0 Å². The van der Waals surface area contributed by atoms with Crippen molar-refractivity contribution in [2.75, 3.05) is 14.2 Å². The predicted molar refractivity (Wildman–Crippen MR) is 96.7 cm³/mol. The Morgan fingerprint density at radius 3 is 2.54 bits per heavy atom. The second kappa shape index (κ2) is 6.99. The number of ether oxygens (including phenoxy) is 2. The summed E-state index contributed by atoms with van der Waals surface area (Å²) >= 11 is 0. The lowest BCUT2D eigenvalue weighted by atomic mass is 10.00. The minimum Gasteiger partial charge on any atom is -0.483 e. The molecule has 5 heteroatoms. The zero-order valence-electron chi connectivity index (χ0n) is 14.6. The maximum Gasteiger partial charge on any atom is 0.209 e. The average molecular weight is 325 g/mol. The molecule has 2 atom stereocenters. The first-order valence-electron chi connectivity index (χ1n) is 8.19. The van der Waals surface area contributed by atoms with Crippen molar-refractivity contribution >= 4 is 22.7 Å². The second-order valence-electron chi connectivity index (χ2n) is 6.28. The molecule has 5 nitrogen and oxygen atoms in total. The van der Waals surface area contributed by atoms with Gasteiger partial charge in [-0.05, 0) is 29.7 Å². The molecule has 0 radical (unpaired) electrons. The summed E-state index contributed by atoms with van der Waals surface area (Å²) in [4.78, 5) is 13.8. The molecule has 0 amide bonds. The molecule has 3 rings (SSSR count). The average Bonchev–Trinajstić information content (AvgIpc) is 2.61. The summed E-state index contributed by atoms with van der Waals surface area (Å²) in [5.41, 5.74) is 2.17. The van der Waals surface area contributed by atoms with Crippen LogP contribution in [-0.2, 0) is 15.9 Å². The Bertz CT molecular complexity index is 783. The van der Waals surface area contributed by atoms with Crippen LogP contribution in [0.5, 0.6) is 0 Å². The van der Waals surface area contributed by atoms with E-state index in [1.54, 1.807) is 20.4 Å². The lowest BCUT2D eigenvalue weighted by molar-refractivity contribution is 0.333. The molecule has 24 heavy (non-hydrogen) atoms. The summed E-state index contributed by atoms with van der Waals surface area (Å²) < 4.78 is 11.0. The minimum absolute atomic E-state index is 0.0815. The molecule has 1 aromatic heterocycles. The van der Waals surface area contributed by atoms with E-state index in [0.29, 0.717) is 17.7 Å². The molecular weight excluding hydrogens is 302 g/mol. The molecule has 0 unspecified atom stereocenters. The van der Waals surface area contributed by atoms with E-state index in [1.165, 1.54) is 5.56 Å². The Morgan fingerprint density at radius 1 is 1.04 bits per heavy atom. The standard InChI is InChI=1S/C19H23N3O2/c1-12(2)17-19(24-4)21-16(18(22-17)23-3)11-13-7-8-15-14(10-13)6-5-9-20-15/h5-10,12,16-17H,11H2,1-4H3/t16-,17+/m0/s1. The van der Waals surface area contributed by atoms with Crippen LogP contribution in [-0.4, -0.2) is 43.1 Å². The summed E-state index contributed by atoms with van der Waals surface area (Å²) in [6.07, 6.45) is 2.52. The van der Waals surface area contributed by atoms with Crippen LogP contribution in [0.1, 0.15) is 19.4 Å². The topological polar surface area (TPSA) is 56.1 Å². The third-order valence-electron chi connectivity index (χ3n) is 4.23. The molecule has 2 heterocycles. The summed E-state index contributed by atoms with van der Waals surface area (Å²) in [5, 5.41) is 1.12. The maximum atomic E-state index is 5.51. The van der Waals surface area contributed by atoms with Crippen molar-refractivity contribution < 1.29 is 9.47 Å². The zero-order valence-corrected chi connectivity index (χ0v) is 14.6. The predicted octanol–water partition coefficient (Wildman–Crippen LogP) is 3.27. The Hall–Kier alpha value is -2.43. The molecule has 1 aromatic carbocycles. The third kappa shape index (κ3) is 3.25. The first-order chi connectivity index (χ1) is 11.6. The fraction of sp³-hybridized carbons (Fsp3) is 0.421. The Labute approximate surface area is 142 Å². The van der Waals surface area contributed by atoms with Crippen LogP contribution < -0.4 is 0 Å². The van der Waals surface area contributed by atoms with Gasteiger partial charge in [0.15, 0.2) is 0 Å². The molecule has 0 bridgehead atoms. The number of fused-ring (bicyclic) bond motifs is 1. The largest absolute Gasteiger partial charge is 0.483 e. The number of aromatic nitrogens is 1. The number of nitrogens with zero attached hydrogens (tertiary/aromatic N) is 3. The van der Waals surface area contributed by atoms with E-state index in [1.807, 2.05) is 12.1 Å². The molecule has 1 aliphatic rings. The van der Waals surface area contributed by atoms with Gasteiger partial charge in [0.2, 0.25) is 11.8 Å². The van der Waals surface area contributed by atoms with E-state index < -0.39 is 0 Å². The molecule has 0 spiro atoms. The normalized spacial score (nSPS) is 20.7. The molecule has 0 aliphatic carbocycles. The summed E-state index contributed by atoms with van der Waals surface area (Å²) in [7, 11) is 3.31. The molecule has 2 aromatic rings. The highest BCUT2D eigenvalue weighted by Crippen LogP contribution is 2.21. The van der Waals surface area contributed by atoms with Gasteiger partial charge in [-0.25, -0.2) is 9.98 Å². The fourth-order valence-corrected chi connectivity index (χ4v) is 2.97. The number of aliphatic imine (C=N–C) groups is 2. The van der Waals surface area contributed by atoms with Gasteiger partial charge < -0.3 is 9.47 Å². The fourth-order valence-electron chi connectivity index (χ4n) is 2.97. The van der Waals surface area contributed by atoms with E-state index in [4.69, 9.17) is 19.5 Å². The van der Waals surface area contributed by atoms with Gasteiger partial charge in [0.1, 0.15) is 12.1 Å². The monoisotopic (exact) mass is 325 g/mol. The first-order valence-corrected chi connectivity index (χ1v) is 8.19. The number of methoxy groups -OCH3 is 2. The Balaban J connectivity index is 1.89. The number of rotatable bonds is 3. The minimum atomic E-state index is -0.158. The van der Waals surface area contributed by atoms with Crippen LogP contribution in [0, 0.1) is 5.92 Å². The molecule has 0 saturated carbocycles. The van der Waals surface area contributed by atoms with Crippen molar-refractivity contribution in [1.82, 2.24) is 4.98 Å². The third-order valence-corrected chi connectivity index (χ3v) is 4.23. The van der Waals surface area contributed by atoms with E-state index in [-0.39, 0.29) is 12.1 Å². The molecule has 0 fully saturated rings. The van der Waals surface area contributed by atoms with Gasteiger partial charge in [-0.3, -0.25) is 4.98 Å². The summed E-state index contributed by atoms with van der Waals surface area (Å²) in [6.45, 7) is 4.21. The second-order valence-corrected chi connectivity index (χ2v) is 6.28. The van der Waals surface area contributed by atoms with Crippen molar-refractivity contribution in [2.45, 2.75) is 32.4 Å². The van der Waals surface area contributed by atoms with Crippen LogP contribution in [0.25, 0.3) is 10.9 Å². The highest BCUT2D eigenvalue weighted by atomic mass is 16.5. The van der Waals surface area contributed by atoms with Crippen molar-refractivity contribution in [2.24, 2.45) is 15.9 Å². The molecular formula is C19H23N3O2. The van der Waals surface area contributed by atoms with E-state index in [9.17, 15) is 0 Å². The molecule has 0 N–H and O–H groups in total. The van der Waals surface area contributed by atoms with Crippen molar-refractivity contribution in [3.63, 3.8) is 0 Å². The maximum absolute atomic E-state index is 5.51. The van der Waals surface area contributed by atoms with Gasteiger partial charge in [0, 0.05) is 18.0 Å². The van der Waals surface area contributed by atoms with E-state index in [2.05, 4.69) is 37.0 Å². The highest BCUT2D eigenvalue weighted by molar-refractivity contribution is 5.94. The van der Waals surface area contributed by atoms with Crippen molar-refractivity contribution in [1.29, 1.82) is 0 Å². The van der Waals surface area contributed by atoms with Crippen molar-refractivity contribution in [3.05, 3.63) is 42.1 Å². The number of benzene rings is 1. The quantitative estimate of drug-likeness (QED) is 0.870. The van der Waals surface area contributed by atoms with E-state index >= 15 is 0 Å². The SMILES string of the molecule is COC1=N[C@H](C(C)C)C(OC)=N[C@H]1Cc1ccc2ncccc2c1. The van der Waals surface area contributed by atoms with Gasteiger partial charge in [-0.2, -0.15) is 0 Å². The van der Waals surface area contributed by atoms with E-state index in [0.717, 1.165) is 17.3 Å². The summed E-state index contributed by atoms with van der Waals surface area (Å²) in [5.74, 6) is 1.65. The van der Waals surface area contributed by atoms with Crippen LogP contribution in [0.3, 0.4) is 0 Å². The van der Waals surface area contributed by atoms with Crippen LogP contribution in [0.4, 0.5) is 0 Å². The lowest BCUT2D eigenvalue weighted by Gasteiger charge is -2.27.